The molecule has 8 heteroatoms. The molecule has 0 saturated carbocycles. The first-order valence-electron chi connectivity index (χ1n) is 6.79. The van der Waals surface area contributed by atoms with Crippen LogP contribution in [0.2, 0.25) is 0 Å². The van der Waals surface area contributed by atoms with E-state index in [4.69, 9.17) is 0 Å². The maximum absolute atomic E-state index is 10.5. The summed E-state index contributed by atoms with van der Waals surface area (Å²) in [5.74, 6) is 0.107. The second-order valence-electron chi connectivity index (χ2n) is 5.26. The first-order valence-corrected chi connectivity index (χ1v) is 8.38. The van der Waals surface area contributed by atoms with Gasteiger partial charge in [0.25, 0.3) is 0 Å². The SMILES string of the molecule is C.CC(=O)Cn1cc(Br)cn1.CCC(C)(O)Cn1cc(Br)cn1. The zero-order valence-corrected chi connectivity index (χ0v) is 16.0. The highest BCUT2D eigenvalue weighted by atomic mass is 79.9. The standard InChI is InChI=1S/C8H13BrN2O.C6H7BrN2O.CH4/c1-3-8(2,12)6-11-5-7(9)4-10-11;1-5(10)3-9-4-6(7)2-8-9;/h4-5,12H,3,6H2,1-2H3;2,4H,3H2,1H3;1H4. The van der Waals surface area contributed by atoms with Crippen LogP contribution in [-0.4, -0.2) is 36.1 Å². The van der Waals surface area contributed by atoms with Gasteiger partial charge in [-0.25, -0.2) is 0 Å². The third-order valence-electron chi connectivity index (χ3n) is 2.85. The van der Waals surface area contributed by atoms with E-state index in [0.717, 1.165) is 15.4 Å². The number of hydrogen-bond donors (Lipinski definition) is 1. The molecular weight excluding hydrogens is 428 g/mol. The molecule has 0 bridgehead atoms. The van der Waals surface area contributed by atoms with Crippen molar-refractivity contribution < 1.29 is 9.90 Å². The van der Waals surface area contributed by atoms with Crippen molar-refractivity contribution in [1.82, 2.24) is 19.6 Å². The molecule has 0 saturated heterocycles. The number of hydrogen-bond acceptors (Lipinski definition) is 4. The van der Waals surface area contributed by atoms with Gasteiger partial charge in [0.1, 0.15) is 0 Å². The first kappa shape index (κ1) is 22.0. The summed E-state index contributed by atoms with van der Waals surface area (Å²) in [5, 5.41) is 17.7. The summed E-state index contributed by atoms with van der Waals surface area (Å²) in [6.07, 6.45) is 7.71. The summed E-state index contributed by atoms with van der Waals surface area (Å²) in [6, 6.07) is 0. The quantitative estimate of drug-likeness (QED) is 0.752. The number of carbonyl (C=O) groups excluding carboxylic acids is 1. The van der Waals surface area contributed by atoms with Gasteiger partial charge in [0.2, 0.25) is 0 Å². The molecule has 1 unspecified atom stereocenters. The molecule has 1 atom stereocenters. The van der Waals surface area contributed by atoms with Crippen LogP contribution in [0.5, 0.6) is 0 Å². The molecule has 0 spiro atoms. The maximum Gasteiger partial charge on any atom is 0.151 e. The fourth-order valence-electron chi connectivity index (χ4n) is 1.54. The van der Waals surface area contributed by atoms with E-state index in [1.165, 1.54) is 6.92 Å². The Labute approximate surface area is 154 Å². The Kier molecular flexibility index (Phi) is 9.57. The van der Waals surface area contributed by atoms with Crippen LogP contribution in [0.3, 0.4) is 0 Å². The van der Waals surface area contributed by atoms with Gasteiger partial charge in [0.05, 0.1) is 40.0 Å². The second-order valence-corrected chi connectivity index (χ2v) is 7.10. The van der Waals surface area contributed by atoms with Gasteiger partial charge in [-0.15, -0.1) is 0 Å². The van der Waals surface area contributed by atoms with Gasteiger partial charge >= 0.3 is 0 Å². The average Bonchev–Trinajstić information content (AvgIpc) is 2.98. The van der Waals surface area contributed by atoms with Gasteiger partial charge in [-0.05, 0) is 52.1 Å². The Morgan fingerprint density at radius 1 is 1.22 bits per heavy atom. The molecule has 6 nitrogen and oxygen atoms in total. The highest BCUT2D eigenvalue weighted by molar-refractivity contribution is 9.10. The van der Waals surface area contributed by atoms with Crippen molar-refractivity contribution in [2.24, 2.45) is 0 Å². The molecule has 1 N–H and O–H groups in total. The second kappa shape index (κ2) is 10.00. The average molecular weight is 452 g/mol. The lowest BCUT2D eigenvalue weighted by Gasteiger charge is -2.20. The van der Waals surface area contributed by atoms with Crippen LogP contribution in [0.1, 0.15) is 34.6 Å². The van der Waals surface area contributed by atoms with E-state index >= 15 is 0 Å². The van der Waals surface area contributed by atoms with E-state index < -0.39 is 5.60 Å². The maximum atomic E-state index is 10.5. The fraction of sp³-hybridized carbons (Fsp3) is 0.533. The molecule has 2 rings (SSSR count). The lowest BCUT2D eigenvalue weighted by atomic mass is 10.0. The summed E-state index contributed by atoms with van der Waals surface area (Å²) >= 11 is 6.52. The number of rotatable bonds is 5. The first-order chi connectivity index (χ1) is 10.2. The Hall–Kier alpha value is -0.990. The summed E-state index contributed by atoms with van der Waals surface area (Å²) in [6.45, 7) is 6.19. The predicted molar refractivity (Wildman–Crippen MR) is 98.2 cm³/mol. The molecule has 2 heterocycles. The van der Waals surface area contributed by atoms with Crippen molar-refractivity contribution in [3.8, 4) is 0 Å². The highest BCUT2D eigenvalue weighted by Crippen LogP contribution is 2.13. The number of aromatic nitrogens is 4. The molecule has 0 aromatic carbocycles. The summed E-state index contributed by atoms with van der Waals surface area (Å²) in [4.78, 5) is 10.5. The number of carbonyl (C=O) groups is 1. The predicted octanol–water partition coefficient (Wildman–Crippen LogP) is 3.68. The third-order valence-corrected chi connectivity index (χ3v) is 3.67. The highest BCUT2D eigenvalue weighted by Gasteiger charge is 2.18. The molecule has 2 aromatic rings. The normalized spacial score (nSPS) is 12.6. The minimum absolute atomic E-state index is 0. The van der Waals surface area contributed by atoms with Crippen molar-refractivity contribution in [3.63, 3.8) is 0 Å². The smallest absolute Gasteiger partial charge is 0.151 e. The van der Waals surface area contributed by atoms with E-state index in [0.29, 0.717) is 13.1 Å². The van der Waals surface area contributed by atoms with Crippen molar-refractivity contribution in [2.45, 2.75) is 53.3 Å². The van der Waals surface area contributed by atoms with Gasteiger partial charge in [-0.2, -0.15) is 10.2 Å². The van der Waals surface area contributed by atoms with E-state index in [9.17, 15) is 9.90 Å². The molecular formula is C15H24Br2N4O2. The summed E-state index contributed by atoms with van der Waals surface area (Å²) < 4.78 is 5.16. The van der Waals surface area contributed by atoms with Gasteiger partial charge in [-0.1, -0.05) is 14.4 Å². The monoisotopic (exact) mass is 450 g/mol. The number of Topliss-reactive ketones (excluding diaryl/α,β-unsaturated/α-hetero) is 1. The van der Waals surface area contributed by atoms with E-state index in [2.05, 4.69) is 42.1 Å². The number of halogens is 2. The fourth-order valence-corrected chi connectivity index (χ4v) is 2.19. The summed E-state index contributed by atoms with van der Waals surface area (Å²) in [7, 11) is 0. The van der Waals surface area contributed by atoms with Gasteiger partial charge in [0, 0.05) is 12.4 Å². The van der Waals surface area contributed by atoms with E-state index in [-0.39, 0.29) is 13.2 Å². The van der Waals surface area contributed by atoms with Crippen molar-refractivity contribution in [3.05, 3.63) is 33.7 Å². The Balaban J connectivity index is 0.000000409. The number of aliphatic hydroxyl groups is 1. The Bertz CT molecular complexity index is 608. The topological polar surface area (TPSA) is 72.9 Å². The molecule has 0 fully saturated rings. The molecule has 130 valence electrons. The summed E-state index contributed by atoms with van der Waals surface area (Å²) in [5.41, 5.74) is -0.661. The molecule has 23 heavy (non-hydrogen) atoms. The largest absolute Gasteiger partial charge is 0.388 e. The van der Waals surface area contributed by atoms with Crippen LogP contribution in [0.15, 0.2) is 33.7 Å². The van der Waals surface area contributed by atoms with Crippen molar-refractivity contribution in [1.29, 1.82) is 0 Å². The molecule has 0 radical (unpaired) electrons. The van der Waals surface area contributed by atoms with Crippen molar-refractivity contribution in [2.75, 3.05) is 0 Å². The zero-order chi connectivity index (χ0) is 16.8. The van der Waals surface area contributed by atoms with Gasteiger partial charge in [0.15, 0.2) is 5.78 Å². The lowest BCUT2D eigenvalue weighted by Crippen LogP contribution is -2.29. The van der Waals surface area contributed by atoms with Crippen LogP contribution in [0.25, 0.3) is 0 Å². The molecule has 2 aromatic heterocycles. The van der Waals surface area contributed by atoms with Crippen molar-refractivity contribution >= 4 is 37.6 Å². The van der Waals surface area contributed by atoms with Crippen LogP contribution in [0.4, 0.5) is 0 Å². The molecule has 0 aliphatic rings. The molecule has 0 aliphatic heterocycles. The third kappa shape index (κ3) is 9.02. The number of nitrogens with zero attached hydrogens (tertiary/aromatic N) is 4. The molecule has 0 amide bonds. The molecule has 0 aliphatic carbocycles. The minimum atomic E-state index is -0.661. The lowest BCUT2D eigenvalue weighted by molar-refractivity contribution is -0.117. The van der Waals surface area contributed by atoms with Crippen LogP contribution in [0, 0.1) is 0 Å². The van der Waals surface area contributed by atoms with Crippen LogP contribution in [-0.2, 0) is 17.9 Å². The van der Waals surface area contributed by atoms with E-state index in [1.807, 2.05) is 20.0 Å². The Morgan fingerprint density at radius 3 is 2.04 bits per heavy atom. The van der Waals surface area contributed by atoms with Crippen LogP contribution < -0.4 is 0 Å². The Morgan fingerprint density at radius 2 is 1.70 bits per heavy atom. The van der Waals surface area contributed by atoms with Gasteiger partial charge in [-0.3, -0.25) is 14.2 Å². The number of ketones is 1. The van der Waals surface area contributed by atoms with Gasteiger partial charge < -0.3 is 5.11 Å². The van der Waals surface area contributed by atoms with Crippen LogP contribution >= 0.6 is 31.9 Å². The minimum Gasteiger partial charge on any atom is -0.388 e. The van der Waals surface area contributed by atoms with E-state index in [1.54, 1.807) is 28.0 Å². The zero-order valence-electron chi connectivity index (χ0n) is 12.8.